The van der Waals surface area contributed by atoms with Crippen LogP contribution in [0.1, 0.15) is 37.8 Å². The van der Waals surface area contributed by atoms with Crippen molar-refractivity contribution in [1.29, 1.82) is 0 Å². The van der Waals surface area contributed by atoms with Crippen LogP contribution in [-0.2, 0) is 4.79 Å². The highest BCUT2D eigenvalue weighted by Gasteiger charge is 2.27. The summed E-state index contributed by atoms with van der Waals surface area (Å²) >= 11 is 6.08. The zero-order chi connectivity index (χ0) is 11.5. The van der Waals surface area contributed by atoms with Crippen LogP contribution >= 0.6 is 11.6 Å². The third-order valence-electron chi connectivity index (χ3n) is 3.05. The molecule has 0 radical (unpaired) electrons. The maximum Gasteiger partial charge on any atom is 0.219 e. The topological polar surface area (TPSA) is 33.2 Å². The number of amides is 1. The number of hydrogen-bond donors (Lipinski definition) is 0. The smallest absolute Gasteiger partial charge is 0.219 e. The summed E-state index contributed by atoms with van der Waals surface area (Å²) in [6.45, 7) is 2.44. The molecule has 2 rings (SSSR count). The first-order chi connectivity index (χ1) is 7.70. The lowest BCUT2D eigenvalue weighted by molar-refractivity contribution is -0.132. The monoisotopic (exact) mass is 238 g/mol. The van der Waals surface area contributed by atoms with E-state index in [1.54, 1.807) is 13.1 Å². The van der Waals surface area contributed by atoms with Gasteiger partial charge in [-0.3, -0.25) is 4.79 Å². The number of piperidine rings is 1. The Balaban J connectivity index is 2.30. The molecule has 2 heterocycles. The molecule has 0 unspecified atom stereocenters. The largest absolute Gasteiger partial charge is 0.336 e. The van der Waals surface area contributed by atoms with Crippen molar-refractivity contribution in [2.45, 2.75) is 32.2 Å². The second kappa shape index (κ2) is 4.83. The molecule has 1 atom stereocenters. The SMILES string of the molecule is CC(=O)N1CCCC[C@H]1c1cccnc1Cl. The third kappa shape index (κ3) is 2.19. The molecule has 0 spiro atoms. The Morgan fingerprint density at radius 1 is 1.56 bits per heavy atom. The van der Waals surface area contributed by atoms with Crippen molar-refractivity contribution < 1.29 is 4.79 Å². The van der Waals surface area contributed by atoms with Crippen LogP contribution < -0.4 is 0 Å². The normalized spacial score (nSPS) is 20.9. The second-order valence-electron chi connectivity index (χ2n) is 4.11. The molecule has 4 heteroatoms. The number of rotatable bonds is 1. The predicted octanol–water partition coefficient (Wildman–Crippen LogP) is 2.81. The minimum atomic E-state index is 0.104. The molecule has 0 aliphatic carbocycles. The van der Waals surface area contributed by atoms with Crippen molar-refractivity contribution in [3.05, 3.63) is 29.0 Å². The molecule has 86 valence electrons. The Bertz CT molecular complexity index is 394. The molecule has 0 saturated carbocycles. The van der Waals surface area contributed by atoms with Gasteiger partial charge in [-0.2, -0.15) is 0 Å². The summed E-state index contributed by atoms with van der Waals surface area (Å²) in [7, 11) is 0. The fourth-order valence-electron chi connectivity index (χ4n) is 2.28. The number of aromatic nitrogens is 1. The van der Waals surface area contributed by atoms with Gasteiger partial charge in [0.15, 0.2) is 0 Å². The molecule has 1 saturated heterocycles. The standard InChI is InChI=1S/C12H15ClN2O/c1-9(16)15-8-3-2-6-11(15)10-5-4-7-14-12(10)13/h4-5,7,11H,2-3,6,8H2,1H3/t11-/m0/s1. The van der Waals surface area contributed by atoms with E-state index < -0.39 is 0 Å². The van der Waals surface area contributed by atoms with Gasteiger partial charge in [-0.25, -0.2) is 4.98 Å². The van der Waals surface area contributed by atoms with Crippen LogP contribution in [-0.4, -0.2) is 22.3 Å². The minimum Gasteiger partial charge on any atom is -0.336 e. The van der Waals surface area contributed by atoms with Gasteiger partial charge in [0, 0.05) is 25.2 Å². The van der Waals surface area contributed by atoms with Gasteiger partial charge in [-0.05, 0) is 25.3 Å². The van der Waals surface area contributed by atoms with Gasteiger partial charge in [0.25, 0.3) is 0 Å². The highest BCUT2D eigenvalue weighted by molar-refractivity contribution is 6.30. The van der Waals surface area contributed by atoms with Gasteiger partial charge < -0.3 is 4.90 Å². The molecule has 1 fully saturated rings. The van der Waals surface area contributed by atoms with E-state index in [0.717, 1.165) is 31.4 Å². The quantitative estimate of drug-likeness (QED) is 0.705. The van der Waals surface area contributed by atoms with Gasteiger partial charge in [0.05, 0.1) is 6.04 Å². The number of hydrogen-bond acceptors (Lipinski definition) is 2. The van der Waals surface area contributed by atoms with E-state index in [2.05, 4.69) is 4.98 Å². The van der Waals surface area contributed by atoms with Crippen molar-refractivity contribution in [2.75, 3.05) is 6.54 Å². The maximum atomic E-state index is 11.6. The van der Waals surface area contributed by atoms with Crippen LogP contribution in [0, 0.1) is 0 Å². The first-order valence-electron chi connectivity index (χ1n) is 5.58. The van der Waals surface area contributed by atoms with E-state index in [4.69, 9.17) is 11.6 Å². The summed E-state index contributed by atoms with van der Waals surface area (Å²) in [5.74, 6) is 0.115. The van der Waals surface area contributed by atoms with Gasteiger partial charge in [-0.1, -0.05) is 17.7 Å². The van der Waals surface area contributed by atoms with E-state index in [1.807, 2.05) is 17.0 Å². The number of nitrogens with zero attached hydrogens (tertiary/aromatic N) is 2. The Labute approximate surface area is 100 Å². The summed E-state index contributed by atoms with van der Waals surface area (Å²) in [4.78, 5) is 17.5. The Morgan fingerprint density at radius 3 is 3.06 bits per heavy atom. The summed E-state index contributed by atoms with van der Waals surface area (Å²) in [6.07, 6.45) is 4.87. The number of likely N-dealkylation sites (tertiary alicyclic amines) is 1. The van der Waals surface area contributed by atoms with E-state index in [-0.39, 0.29) is 11.9 Å². The predicted molar refractivity (Wildman–Crippen MR) is 63.2 cm³/mol. The summed E-state index contributed by atoms with van der Waals surface area (Å²) in [5.41, 5.74) is 0.971. The van der Waals surface area contributed by atoms with Crippen LogP contribution in [0.3, 0.4) is 0 Å². The van der Waals surface area contributed by atoms with Crippen molar-refractivity contribution in [3.8, 4) is 0 Å². The minimum absolute atomic E-state index is 0.104. The highest BCUT2D eigenvalue weighted by Crippen LogP contribution is 2.33. The van der Waals surface area contributed by atoms with Crippen molar-refractivity contribution in [2.24, 2.45) is 0 Å². The van der Waals surface area contributed by atoms with Gasteiger partial charge in [0.1, 0.15) is 5.15 Å². The Morgan fingerprint density at radius 2 is 2.38 bits per heavy atom. The molecule has 1 amide bonds. The molecule has 1 aromatic rings. The van der Waals surface area contributed by atoms with E-state index in [0.29, 0.717) is 5.15 Å². The van der Waals surface area contributed by atoms with Crippen LogP contribution in [0.25, 0.3) is 0 Å². The highest BCUT2D eigenvalue weighted by atomic mass is 35.5. The lowest BCUT2D eigenvalue weighted by Crippen LogP contribution is -2.37. The van der Waals surface area contributed by atoms with Crippen LogP contribution in [0.2, 0.25) is 5.15 Å². The van der Waals surface area contributed by atoms with Crippen molar-refractivity contribution in [3.63, 3.8) is 0 Å². The van der Waals surface area contributed by atoms with E-state index in [9.17, 15) is 4.79 Å². The first kappa shape index (κ1) is 11.4. The molecular weight excluding hydrogens is 224 g/mol. The Kier molecular flexibility index (Phi) is 3.44. The van der Waals surface area contributed by atoms with Crippen molar-refractivity contribution in [1.82, 2.24) is 9.88 Å². The fourth-order valence-corrected chi connectivity index (χ4v) is 2.52. The number of carbonyl (C=O) groups is 1. The molecule has 0 aromatic carbocycles. The zero-order valence-electron chi connectivity index (χ0n) is 9.32. The van der Waals surface area contributed by atoms with E-state index >= 15 is 0 Å². The molecule has 3 nitrogen and oxygen atoms in total. The molecular formula is C12H15ClN2O. The maximum absolute atomic E-state index is 11.6. The van der Waals surface area contributed by atoms with Crippen LogP contribution in [0.15, 0.2) is 18.3 Å². The van der Waals surface area contributed by atoms with Crippen LogP contribution in [0.4, 0.5) is 0 Å². The molecule has 0 N–H and O–H groups in total. The molecule has 1 aliphatic rings. The van der Waals surface area contributed by atoms with Gasteiger partial charge in [0.2, 0.25) is 5.91 Å². The van der Waals surface area contributed by atoms with Gasteiger partial charge in [-0.15, -0.1) is 0 Å². The fraction of sp³-hybridized carbons (Fsp3) is 0.500. The van der Waals surface area contributed by atoms with Crippen molar-refractivity contribution >= 4 is 17.5 Å². The number of pyridine rings is 1. The Hall–Kier alpha value is -1.09. The first-order valence-corrected chi connectivity index (χ1v) is 5.95. The van der Waals surface area contributed by atoms with Crippen LogP contribution in [0.5, 0.6) is 0 Å². The molecule has 0 bridgehead atoms. The summed E-state index contributed by atoms with van der Waals surface area (Å²) < 4.78 is 0. The molecule has 1 aliphatic heterocycles. The lowest BCUT2D eigenvalue weighted by Gasteiger charge is -2.35. The average molecular weight is 239 g/mol. The summed E-state index contributed by atoms with van der Waals surface area (Å²) in [6, 6.07) is 3.93. The molecule has 16 heavy (non-hydrogen) atoms. The van der Waals surface area contributed by atoms with E-state index in [1.165, 1.54) is 0 Å². The second-order valence-corrected chi connectivity index (χ2v) is 4.47. The zero-order valence-corrected chi connectivity index (χ0v) is 10.1. The third-order valence-corrected chi connectivity index (χ3v) is 3.37. The average Bonchev–Trinajstić information content (AvgIpc) is 2.29. The lowest BCUT2D eigenvalue weighted by atomic mass is 9.96. The van der Waals surface area contributed by atoms with Gasteiger partial charge >= 0.3 is 0 Å². The number of carbonyl (C=O) groups excluding carboxylic acids is 1. The summed E-state index contributed by atoms with van der Waals surface area (Å²) in [5, 5.41) is 0.514. The number of halogens is 1. The molecule has 1 aromatic heterocycles.